The van der Waals surface area contributed by atoms with Crippen molar-refractivity contribution >= 4 is 12.1 Å². The second-order valence-corrected chi connectivity index (χ2v) is 7.02. The van der Waals surface area contributed by atoms with E-state index in [9.17, 15) is 14.7 Å². The van der Waals surface area contributed by atoms with Crippen molar-refractivity contribution in [2.24, 2.45) is 5.92 Å². The summed E-state index contributed by atoms with van der Waals surface area (Å²) in [6.07, 6.45) is 2.60. The Morgan fingerprint density at radius 2 is 1.73 bits per heavy atom. The van der Waals surface area contributed by atoms with Crippen LogP contribution in [0.5, 0.6) is 0 Å². The first-order valence-electron chi connectivity index (χ1n) is 7.69. The van der Waals surface area contributed by atoms with Crippen LogP contribution in [0.1, 0.15) is 40.0 Å². The third-order valence-electron chi connectivity index (χ3n) is 3.93. The molecule has 1 amide bonds. The predicted molar refractivity (Wildman–Crippen MR) is 75.5 cm³/mol. The van der Waals surface area contributed by atoms with E-state index in [-0.39, 0.29) is 35.7 Å². The van der Waals surface area contributed by atoms with Crippen LogP contribution in [0.3, 0.4) is 0 Å². The molecule has 120 valence electrons. The van der Waals surface area contributed by atoms with Crippen LogP contribution in [0.2, 0.25) is 0 Å². The molecule has 1 aliphatic carbocycles. The van der Waals surface area contributed by atoms with Crippen LogP contribution in [0.25, 0.3) is 0 Å². The van der Waals surface area contributed by atoms with Crippen molar-refractivity contribution < 1.29 is 49.0 Å². The van der Waals surface area contributed by atoms with E-state index in [0.29, 0.717) is 38.5 Å². The maximum Gasteiger partial charge on any atom is 1.00 e. The molecule has 0 N–H and O–H groups in total. The third-order valence-corrected chi connectivity index (χ3v) is 3.93. The number of carboxylic acids is 1. The van der Waals surface area contributed by atoms with Crippen LogP contribution in [-0.2, 0) is 9.53 Å². The molecule has 0 spiro atoms. The summed E-state index contributed by atoms with van der Waals surface area (Å²) < 4.78 is 5.33. The number of hydrogen-bond acceptors (Lipinski definition) is 5. The minimum Gasteiger partial charge on any atom is -0.548 e. The molecule has 1 atom stereocenters. The topological polar surface area (TPSA) is 72.9 Å². The Labute approximate surface area is 154 Å². The second kappa shape index (κ2) is 7.99. The molecule has 7 heteroatoms. The molecule has 22 heavy (non-hydrogen) atoms. The Kier molecular flexibility index (Phi) is 7.18. The number of ether oxygens (including phenoxy) is 1. The van der Waals surface area contributed by atoms with Gasteiger partial charge < -0.3 is 19.5 Å². The minimum absolute atomic E-state index is 0. The van der Waals surface area contributed by atoms with Crippen LogP contribution >= 0.6 is 0 Å². The maximum atomic E-state index is 12.0. The molecule has 0 aromatic carbocycles. The maximum absolute atomic E-state index is 12.0. The van der Waals surface area contributed by atoms with E-state index in [4.69, 9.17) is 4.74 Å². The van der Waals surface area contributed by atoms with Gasteiger partial charge in [0.1, 0.15) is 5.60 Å². The molecule has 1 heterocycles. The fraction of sp³-hybridized carbons (Fsp3) is 0.867. The quantitative estimate of drug-likeness (QED) is 0.534. The summed E-state index contributed by atoms with van der Waals surface area (Å²) in [4.78, 5) is 26.8. The van der Waals surface area contributed by atoms with Gasteiger partial charge in [0, 0.05) is 32.2 Å². The molecular weight excluding hydrogens is 295 g/mol. The molecule has 0 bridgehead atoms. The van der Waals surface area contributed by atoms with Gasteiger partial charge in [-0.05, 0) is 33.1 Å². The summed E-state index contributed by atoms with van der Waals surface area (Å²) >= 11 is 0. The zero-order valence-electron chi connectivity index (χ0n) is 14.1. The number of carbonyl (C=O) groups is 2. The number of carbonyl (C=O) groups excluding carboxylic acids is 2. The number of piperazine rings is 1. The molecule has 1 aliphatic heterocycles. The normalized spacial score (nSPS) is 21.0. The molecule has 1 unspecified atom stereocenters. The van der Waals surface area contributed by atoms with Crippen molar-refractivity contribution in [3.05, 3.63) is 0 Å². The first-order valence-corrected chi connectivity index (χ1v) is 7.69. The Hall–Kier alpha value is -0.300. The first-order chi connectivity index (χ1) is 9.76. The van der Waals surface area contributed by atoms with Crippen molar-refractivity contribution in [2.45, 2.75) is 51.7 Å². The molecule has 1 saturated heterocycles. The van der Waals surface area contributed by atoms with Crippen molar-refractivity contribution in [3.8, 4) is 0 Å². The van der Waals surface area contributed by atoms with Crippen molar-refractivity contribution in [3.63, 3.8) is 0 Å². The predicted octanol–water partition coefficient (Wildman–Crippen LogP) is -2.54. The average Bonchev–Trinajstić information content (AvgIpc) is 3.17. The van der Waals surface area contributed by atoms with Gasteiger partial charge in [0.15, 0.2) is 0 Å². The number of aliphatic carboxylic acids is 1. The van der Waals surface area contributed by atoms with Crippen molar-refractivity contribution in [1.82, 2.24) is 9.80 Å². The number of carboxylic acid groups (broad SMARTS) is 1. The van der Waals surface area contributed by atoms with E-state index in [0.717, 1.165) is 12.8 Å². The number of rotatable bonds is 4. The van der Waals surface area contributed by atoms with Crippen LogP contribution in [0.15, 0.2) is 0 Å². The smallest absolute Gasteiger partial charge is 0.548 e. The largest absolute Gasteiger partial charge is 1.00 e. The number of nitrogens with zero attached hydrogens (tertiary/aromatic N) is 2. The van der Waals surface area contributed by atoms with E-state index < -0.39 is 17.6 Å². The van der Waals surface area contributed by atoms with Gasteiger partial charge in [0.05, 0.1) is 5.97 Å². The molecule has 0 radical (unpaired) electrons. The molecule has 0 aromatic heterocycles. The van der Waals surface area contributed by atoms with E-state index in [2.05, 4.69) is 0 Å². The van der Waals surface area contributed by atoms with Crippen LogP contribution in [-0.4, -0.2) is 59.7 Å². The molecular formula is C15H25N2NaO4. The van der Waals surface area contributed by atoms with Gasteiger partial charge in [-0.25, -0.2) is 4.79 Å². The summed E-state index contributed by atoms with van der Waals surface area (Å²) in [5.74, 6) is -0.454. The Morgan fingerprint density at radius 3 is 2.14 bits per heavy atom. The van der Waals surface area contributed by atoms with Gasteiger partial charge in [-0.2, -0.15) is 0 Å². The molecule has 2 aliphatic rings. The zero-order chi connectivity index (χ0) is 15.6. The monoisotopic (exact) mass is 320 g/mol. The van der Waals surface area contributed by atoms with Crippen molar-refractivity contribution in [1.29, 1.82) is 0 Å². The van der Waals surface area contributed by atoms with E-state index in [1.165, 1.54) is 0 Å². The SMILES string of the molecule is CC(C)(C)OC(=O)N1CCN(C(CC2CC2)C(=O)[O-])CC1.[Na+]. The molecule has 2 fully saturated rings. The van der Waals surface area contributed by atoms with Crippen molar-refractivity contribution in [2.75, 3.05) is 26.2 Å². The zero-order valence-corrected chi connectivity index (χ0v) is 16.1. The minimum atomic E-state index is -0.993. The van der Waals surface area contributed by atoms with Crippen LogP contribution in [0.4, 0.5) is 4.79 Å². The first kappa shape index (κ1) is 19.7. The standard InChI is InChI=1S/C15H26N2O4.Na/c1-15(2,3)21-14(20)17-8-6-16(7-9-17)12(13(18)19)10-11-4-5-11;/h11-12H,4-10H2,1-3H3,(H,18,19);/q;+1/p-1. The van der Waals surface area contributed by atoms with Gasteiger partial charge in [-0.15, -0.1) is 0 Å². The van der Waals surface area contributed by atoms with Gasteiger partial charge in [0.25, 0.3) is 0 Å². The van der Waals surface area contributed by atoms with Crippen LogP contribution < -0.4 is 34.7 Å². The Morgan fingerprint density at radius 1 is 1.18 bits per heavy atom. The van der Waals surface area contributed by atoms with E-state index in [1.807, 2.05) is 25.7 Å². The van der Waals surface area contributed by atoms with E-state index in [1.54, 1.807) is 4.90 Å². The van der Waals surface area contributed by atoms with Gasteiger partial charge in [-0.1, -0.05) is 12.8 Å². The number of amides is 1. The summed E-state index contributed by atoms with van der Waals surface area (Å²) in [6, 6.07) is -0.515. The molecule has 6 nitrogen and oxygen atoms in total. The second-order valence-electron chi connectivity index (χ2n) is 7.02. The van der Waals surface area contributed by atoms with Gasteiger partial charge in [0.2, 0.25) is 0 Å². The van der Waals surface area contributed by atoms with Gasteiger partial charge >= 0.3 is 35.7 Å². The molecule has 0 aromatic rings. The Balaban J connectivity index is 0.00000242. The third kappa shape index (κ3) is 6.07. The van der Waals surface area contributed by atoms with E-state index >= 15 is 0 Å². The average molecular weight is 320 g/mol. The fourth-order valence-corrected chi connectivity index (χ4v) is 2.61. The summed E-state index contributed by atoms with van der Waals surface area (Å²) in [6.45, 7) is 7.64. The molecule has 2 rings (SSSR count). The number of hydrogen-bond donors (Lipinski definition) is 0. The summed E-state index contributed by atoms with van der Waals surface area (Å²) in [5.41, 5.74) is -0.506. The van der Waals surface area contributed by atoms with Crippen LogP contribution in [0, 0.1) is 5.92 Å². The summed E-state index contributed by atoms with van der Waals surface area (Å²) in [5, 5.41) is 11.3. The molecule has 1 saturated carbocycles. The van der Waals surface area contributed by atoms with Gasteiger partial charge in [-0.3, -0.25) is 4.90 Å². The Bertz CT molecular complexity index is 399. The fourth-order valence-electron chi connectivity index (χ4n) is 2.61. The summed E-state index contributed by atoms with van der Waals surface area (Å²) in [7, 11) is 0.